The Morgan fingerprint density at radius 3 is 0.778 bits per heavy atom. The predicted octanol–water partition coefficient (Wildman–Crippen LogP) is 1.42. The van der Waals surface area contributed by atoms with Crippen LogP contribution in [0.15, 0.2) is 36.4 Å². The molecule has 0 aliphatic heterocycles. The molecule has 0 unspecified atom stereocenters. The third-order valence-electron chi connectivity index (χ3n) is 3.35. The molecular formula is C14H28Cl3N. The van der Waals surface area contributed by atoms with Gasteiger partial charge in [-0.05, 0) is 27.7 Å². The fourth-order valence-corrected chi connectivity index (χ4v) is 1.73. The lowest BCUT2D eigenvalue weighted by atomic mass is 10.3. The van der Waals surface area contributed by atoms with E-state index in [2.05, 4.69) is 27.7 Å². The maximum Gasteiger partial charge on any atom is 0.0757 e. The minimum absolute atomic E-state index is 0. The zero-order chi connectivity index (χ0) is 11.6. The second-order valence-corrected chi connectivity index (χ2v) is 3.76. The van der Waals surface area contributed by atoms with Crippen LogP contribution in [-0.4, -0.2) is 30.7 Å². The van der Waals surface area contributed by atoms with Gasteiger partial charge in [0.05, 0.1) is 26.2 Å². The van der Waals surface area contributed by atoms with E-state index >= 15 is 0 Å². The normalized spacial score (nSPS) is 8.67. The monoisotopic (exact) mass is 315 g/mol. The highest BCUT2D eigenvalue weighted by atomic mass is 35.5. The number of quaternary nitrogens is 1. The molecule has 1 nitrogen and oxygen atoms in total. The Morgan fingerprint density at radius 1 is 0.556 bits per heavy atom. The van der Waals surface area contributed by atoms with Crippen molar-refractivity contribution < 1.29 is 16.9 Å². The molecule has 0 aliphatic carbocycles. The van der Waals surface area contributed by atoms with Crippen molar-refractivity contribution in [3.05, 3.63) is 36.4 Å². The van der Waals surface area contributed by atoms with Gasteiger partial charge in [0.1, 0.15) is 0 Å². The molecule has 18 heavy (non-hydrogen) atoms. The quantitative estimate of drug-likeness (QED) is 0.737. The number of halogens is 3. The minimum atomic E-state index is 0. The van der Waals surface area contributed by atoms with Gasteiger partial charge < -0.3 is 16.9 Å². The van der Waals surface area contributed by atoms with Gasteiger partial charge >= 0.3 is 0 Å². The molecule has 0 radical (unpaired) electrons. The van der Waals surface area contributed by atoms with Gasteiger partial charge in [-0.1, -0.05) is 36.4 Å². The molecule has 0 bridgehead atoms. The van der Waals surface area contributed by atoms with E-state index < -0.39 is 0 Å². The number of hydrogen-bond donors (Lipinski definition) is 0. The van der Waals surface area contributed by atoms with Crippen LogP contribution in [0.5, 0.6) is 0 Å². The molecule has 0 N–H and O–H groups in total. The highest BCUT2D eigenvalue weighted by Crippen LogP contribution is 2.03. The highest BCUT2D eigenvalue weighted by Gasteiger charge is 2.16. The molecule has 1 aromatic rings. The van der Waals surface area contributed by atoms with Crippen LogP contribution in [0.25, 0.3) is 0 Å². The lowest BCUT2D eigenvalue weighted by Crippen LogP contribution is -3.00. The molecule has 1 rings (SSSR count). The second-order valence-electron chi connectivity index (χ2n) is 3.76. The molecule has 0 saturated carbocycles. The minimum Gasteiger partial charge on any atom is -1.00 e. The van der Waals surface area contributed by atoms with Crippen LogP contribution >= 0.6 is 24.8 Å². The second kappa shape index (κ2) is 17.1. The predicted molar refractivity (Wildman–Crippen MR) is 83.4 cm³/mol. The summed E-state index contributed by atoms with van der Waals surface area (Å²) in [6.07, 6.45) is 0. The molecular weight excluding hydrogens is 289 g/mol. The molecule has 0 aromatic heterocycles. The molecule has 0 amide bonds. The fourth-order valence-electron chi connectivity index (χ4n) is 1.73. The first-order chi connectivity index (χ1) is 7.24. The fraction of sp³-hybridized carbons (Fsp3) is 0.571. The summed E-state index contributed by atoms with van der Waals surface area (Å²) in [5.74, 6) is 0. The Bertz CT molecular complexity index is 182. The zero-order valence-electron chi connectivity index (χ0n) is 11.9. The summed E-state index contributed by atoms with van der Waals surface area (Å²) >= 11 is 0. The average molecular weight is 317 g/mol. The van der Waals surface area contributed by atoms with Crippen LogP contribution in [0.1, 0.15) is 27.7 Å². The van der Waals surface area contributed by atoms with Crippen molar-refractivity contribution in [1.29, 1.82) is 0 Å². The topological polar surface area (TPSA) is 0 Å². The Labute approximate surface area is 132 Å². The average Bonchev–Trinajstić information content (AvgIpc) is 2.36. The molecule has 0 aliphatic rings. The van der Waals surface area contributed by atoms with Crippen LogP contribution in [0.4, 0.5) is 0 Å². The van der Waals surface area contributed by atoms with E-state index in [4.69, 9.17) is 0 Å². The summed E-state index contributed by atoms with van der Waals surface area (Å²) in [4.78, 5) is 0. The summed E-state index contributed by atoms with van der Waals surface area (Å²) in [6.45, 7) is 14.2. The lowest BCUT2D eigenvalue weighted by molar-refractivity contribution is -0.921. The number of nitrogens with zero attached hydrogens (tertiary/aromatic N) is 1. The van der Waals surface area contributed by atoms with Gasteiger partial charge in [0.15, 0.2) is 0 Å². The van der Waals surface area contributed by atoms with Crippen molar-refractivity contribution in [3.8, 4) is 0 Å². The number of rotatable bonds is 4. The third kappa shape index (κ3) is 11.2. The third-order valence-corrected chi connectivity index (χ3v) is 3.35. The summed E-state index contributed by atoms with van der Waals surface area (Å²) in [5, 5.41) is 0. The summed E-state index contributed by atoms with van der Waals surface area (Å²) in [6, 6.07) is 12.0. The summed E-state index contributed by atoms with van der Waals surface area (Å²) < 4.78 is 1.28. The summed E-state index contributed by atoms with van der Waals surface area (Å²) in [5.41, 5.74) is 0. The smallest absolute Gasteiger partial charge is 0.0757 e. The molecule has 0 saturated heterocycles. The Kier molecular flexibility index (Phi) is 25.2. The van der Waals surface area contributed by atoms with Crippen LogP contribution in [0.2, 0.25) is 0 Å². The standard InChI is InChI=1S/C8H20N.C6H6.3ClH/c1-5-9(6-2,7-3)8-4;1-2-4-6-5-3-1;;;/h5-8H2,1-4H3;1-6H;3*1H/q+1;;;;/p-1. The van der Waals surface area contributed by atoms with Gasteiger partial charge in [-0.15, -0.1) is 24.8 Å². The van der Waals surface area contributed by atoms with Gasteiger partial charge in [-0.25, -0.2) is 0 Å². The zero-order valence-corrected chi connectivity index (χ0v) is 14.3. The van der Waals surface area contributed by atoms with Crippen molar-refractivity contribution >= 4 is 24.8 Å². The first-order valence-electron chi connectivity index (χ1n) is 6.09. The Hall–Kier alpha value is 0.0500. The van der Waals surface area contributed by atoms with Crippen molar-refractivity contribution in [3.63, 3.8) is 0 Å². The molecule has 0 fully saturated rings. The van der Waals surface area contributed by atoms with Crippen LogP contribution in [0, 0.1) is 0 Å². The van der Waals surface area contributed by atoms with E-state index in [-0.39, 0.29) is 37.2 Å². The van der Waals surface area contributed by atoms with Crippen LogP contribution in [0.3, 0.4) is 0 Å². The van der Waals surface area contributed by atoms with Crippen molar-refractivity contribution in [1.82, 2.24) is 0 Å². The highest BCUT2D eigenvalue weighted by molar-refractivity contribution is 5.85. The van der Waals surface area contributed by atoms with Gasteiger partial charge in [-0.2, -0.15) is 0 Å². The lowest BCUT2D eigenvalue weighted by Gasteiger charge is -2.34. The van der Waals surface area contributed by atoms with Crippen molar-refractivity contribution in [2.24, 2.45) is 0 Å². The molecule has 0 heterocycles. The van der Waals surface area contributed by atoms with Crippen LogP contribution in [-0.2, 0) is 0 Å². The maximum atomic E-state index is 2.27. The Balaban J connectivity index is -0.0000000972. The number of benzene rings is 1. The van der Waals surface area contributed by atoms with E-state index in [0.29, 0.717) is 0 Å². The molecule has 1 aromatic carbocycles. The van der Waals surface area contributed by atoms with Crippen molar-refractivity contribution in [2.45, 2.75) is 27.7 Å². The number of hydrogen-bond acceptors (Lipinski definition) is 0. The maximum absolute atomic E-state index is 2.27. The van der Waals surface area contributed by atoms with E-state index in [1.165, 1.54) is 30.7 Å². The SMILES string of the molecule is CC[N+](CC)(CC)CC.Cl.Cl.[Cl-].c1ccccc1. The molecule has 0 spiro atoms. The van der Waals surface area contributed by atoms with Gasteiger partial charge in [-0.3, -0.25) is 0 Å². The molecule has 110 valence electrons. The summed E-state index contributed by atoms with van der Waals surface area (Å²) in [7, 11) is 0. The first-order valence-corrected chi connectivity index (χ1v) is 6.09. The van der Waals surface area contributed by atoms with Crippen LogP contribution < -0.4 is 12.4 Å². The molecule has 0 atom stereocenters. The van der Waals surface area contributed by atoms with Crippen molar-refractivity contribution in [2.75, 3.05) is 26.2 Å². The van der Waals surface area contributed by atoms with E-state index in [0.717, 1.165) is 0 Å². The molecule has 4 heteroatoms. The van der Waals surface area contributed by atoms with E-state index in [9.17, 15) is 0 Å². The Morgan fingerprint density at radius 2 is 0.722 bits per heavy atom. The largest absolute Gasteiger partial charge is 1.00 e. The van der Waals surface area contributed by atoms with E-state index in [1.807, 2.05) is 36.4 Å². The first kappa shape index (κ1) is 26.6. The van der Waals surface area contributed by atoms with Gasteiger partial charge in [0, 0.05) is 0 Å². The van der Waals surface area contributed by atoms with Gasteiger partial charge in [0.2, 0.25) is 0 Å². The van der Waals surface area contributed by atoms with E-state index in [1.54, 1.807) is 0 Å². The van der Waals surface area contributed by atoms with Gasteiger partial charge in [0.25, 0.3) is 0 Å².